The Labute approximate surface area is 135 Å². The highest BCUT2D eigenvalue weighted by Crippen LogP contribution is 2.24. The number of para-hydroxylation sites is 2. The molecule has 0 saturated heterocycles. The van der Waals surface area contributed by atoms with Gasteiger partial charge in [-0.1, -0.05) is 35.3 Å². The van der Waals surface area contributed by atoms with Crippen LogP contribution in [0.1, 0.15) is 16.2 Å². The minimum absolute atomic E-state index is 0.0275. The first-order chi connectivity index (χ1) is 10.5. The molecular weight excluding hydrogens is 328 g/mol. The standard InChI is InChI=1S/C15H10Cl2FN3O/c16-9-6-10(17)11(18)5-8(9)15(22)19-7-14-20-12-3-1-2-4-13(12)21-14/h1-6H,7H2,(H,19,22)(H,20,21). The van der Waals surface area contributed by atoms with Crippen LogP contribution in [0.5, 0.6) is 0 Å². The number of hydrogen-bond donors (Lipinski definition) is 2. The average molecular weight is 338 g/mol. The van der Waals surface area contributed by atoms with Crippen LogP contribution >= 0.6 is 23.2 Å². The molecule has 1 heterocycles. The molecule has 3 aromatic rings. The third kappa shape index (κ3) is 2.91. The maximum absolute atomic E-state index is 13.4. The van der Waals surface area contributed by atoms with Gasteiger partial charge in [0.25, 0.3) is 5.91 Å². The van der Waals surface area contributed by atoms with Gasteiger partial charge in [0.1, 0.15) is 11.6 Å². The third-order valence-electron chi connectivity index (χ3n) is 3.11. The van der Waals surface area contributed by atoms with Gasteiger partial charge in [-0.05, 0) is 24.3 Å². The molecule has 4 nitrogen and oxygen atoms in total. The SMILES string of the molecule is O=C(NCc1nc2ccccc2[nH]1)c1cc(F)c(Cl)cc1Cl. The molecule has 0 unspecified atom stereocenters. The van der Waals surface area contributed by atoms with Crippen LogP contribution in [0.15, 0.2) is 36.4 Å². The molecule has 0 aliphatic rings. The Kier molecular flexibility index (Phi) is 4.00. The Morgan fingerprint density at radius 3 is 2.77 bits per heavy atom. The number of nitrogens with zero attached hydrogens (tertiary/aromatic N) is 1. The number of aromatic amines is 1. The van der Waals surface area contributed by atoms with E-state index in [2.05, 4.69) is 15.3 Å². The van der Waals surface area contributed by atoms with Crippen LogP contribution in [0.2, 0.25) is 10.0 Å². The van der Waals surface area contributed by atoms with Crippen LogP contribution in [0.3, 0.4) is 0 Å². The van der Waals surface area contributed by atoms with E-state index in [0.717, 1.165) is 17.1 Å². The fourth-order valence-corrected chi connectivity index (χ4v) is 2.51. The summed E-state index contributed by atoms with van der Waals surface area (Å²) < 4.78 is 13.4. The topological polar surface area (TPSA) is 57.8 Å². The number of amides is 1. The largest absolute Gasteiger partial charge is 0.345 e. The van der Waals surface area contributed by atoms with Gasteiger partial charge in [0.15, 0.2) is 0 Å². The van der Waals surface area contributed by atoms with E-state index in [9.17, 15) is 9.18 Å². The quantitative estimate of drug-likeness (QED) is 0.711. The fraction of sp³-hybridized carbons (Fsp3) is 0.0667. The van der Waals surface area contributed by atoms with Crippen molar-refractivity contribution in [3.05, 3.63) is 63.6 Å². The summed E-state index contributed by atoms with van der Waals surface area (Å²) in [6.07, 6.45) is 0. The zero-order valence-electron chi connectivity index (χ0n) is 11.2. The number of carbonyl (C=O) groups is 1. The number of aromatic nitrogens is 2. The Morgan fingerprint density at radius 1 is 1.23 bits per heavy atom. The predicted octanol–water partition coefficient (Wildman–Crippen LogP) is 3.94. The molecule has 0 fully saturated rings. The molecule has 1 aromatic heterocycles. The fourth-order valence-electron chi connectivity index (χ4n) is 2.05. The molecule has 0 aliphatic carbocycles. The van der Waals surface area contributed by atoms with E-state index in [1.54, 1.807) is 0 Å². The van der Waals surface area contributed by atoms with Crippen molar-refractivity contribution >= 4 is 40.1 Å². The first kappa shape index (κ1) is 14.8. The minimum Gasteiger partial charge on any atom is -0.345 e. The van der Waals surface area contributed by atoms with Crippen LogP contribution in [-0.2, 0) is 6.54 Å². The van der Waals surface area contributed by atoms with Gasteiger partial charge in [-0.3, -0.25) is 4.79 Å². The van der Waals surface area contributed by atoms with Crippen molar-refractivity contribution in [2.75, 3.05) is 0 Å². The molecule has 2 aromatic carbocycles. The molecule has 0 atom stereocenters. The lowest BCUT2D eigenvalue weighted by molar-refractivity contribution is 0.0949. The van der Waals surface area contributed by atoms with Crippen molar-refractivity contribution in [1.82, 2.24) is 15.3 Å². The molecule has 22 heavy (non-hydrogen) atoms. The zero-order valence-corrected chi connectivity index (χ0v) is 12.7. The van der Waals surface area contributed by atoms with Crippen LogP contribution in [-0.4, -0.2) is 15.9 Å². The van der Waals surface area contributed by atoms with Gasteiger partial charge in [0, 0.05) is 0 Å². The maximum atomic E-state index is 13.4. The number of benzene rings is 2. The summed E-state index contributed by atoms with van der Waals surface area (Å²) in [6, 6.07) is 9.73. The predicted molar refractivity (Wildman–Crippen MR) is 83.7 cm³/mol. The normalized spacial score (nSPS) is 10.9. The highest BCUT2D eigenvalue weighted by molar-refractivity contribution is 6.36. The second kappa shape index (κ2) is 5.94. The number of carbonyl (C=O) groups excluding carboxylic acids is 1. The number of rotatable bonds is 3. The number of imidazole rings is 1. The first-order valence-electron chi connectivity index (χ1n) is 6.41. The van der Waals surface area contributed by atoms with E-state index in [4.69, 9.17) is 23.2 Å². The third-order valence-corrected chi connectivity index (χ3v) is 3.71. The first-order valence-corrected chi connectivity index (χ1v) is 7.16. The smallest absolute Gasteiger partial charge is 0.253 e. The molecule has 112 valence electrons. The lowest BCUT2D eigenvalue weighted by atomic mass is 10.2. The van der Waals surface area contributed by atoms with E-state index in [1.165, 1.54) is 6.07 Å². The molecule has 0 radical (unpaired) electrons. The van der Waals surface area contributed by atoms with Crippen LogP contribution in [0.4, 0.5) is 4.39 Å². The van der Waals surface area contributed by atoms with E-state index >= 15 is 0 Å². The van der Waals surface area contributed by atoms with Crippen molar-refractivity contribution in [3.8, 4) is 0 Å². The van der Waals surface area contributed by atoms with Crippen molar-refractivity contribution in [3.63, 3.8) is 0 Å². The summed E-state index contributed by atoms with van der Waals surface area (Å²) in [7, 11) is 0. The molecule has 2 N–H and O–H groups in total. The van der Waals surface area contributed by atoms with Crippen molar-refractivity contribution < 1.29 is 9.18 Å². The number of H-pyrrole nitrogens is 1. The molecule has 0 aliphatic heterocycles. The lowest BCUT2D eigenvalue weighted by Crippen LogP contribution is -2.23. The van der Waals surface area contributed by atoms with Gasteiger partial charge in [-0.15, -0.1) is 0 Å². The van der Waals surface area contributed by atoms with Crippen molar-refractivity contribution in [2.45, 2.75) is 6.54 Å². The summed E-state index contributed by atoms with van der Waals surface area (Å²) in [5, 5.41) is 2.60. The van der Waals surface area contributed by atoms with Crippen LogP contribution in [0, 0.1) is 5.82 Å². The second-order valence-corrected chi connectivity index (χ2v) is 5.44. The summed E-state index contributed by atoms with van der Waals surface area (Å²) in [6.45, 7) is 0.175. The summed E-state index contributed by atoms with van der Waals surface area (Å²) in [4.78, 5) is 19.5. The van der Waals surface area contributed by atoms with Crippen LogP contribution < -0.4 is 5.32 Å². The van der Waals surface area contributed by atoms with Crippen LogP contribution in [0.25, 0.3) is 11.0 Å². The molecule has 7 heteroatoms. The Bertz CT molecular complexity index is 830. The van der Waals surface area contributed by atoms with E-state index in [1.807, 2.05) is 24.3 Å². The lowest BCUT2D eigenvalue weighted by Gasteiger charge is -2.06. The zero-order chi connectivity index (χ0) is 15.7. The van der Waals surface area contributed by atoms with Gasteiger partial charge in [0.2, 0.25) is 0 Å². The average Bonchev–Trinajstić information content (AvgIpc) is 2.91. The van der Waals surface area contributed by atoms with Gasteiger partial charge >= 0.3 is 0 Å². The molecule has 1 amide bonds. The van der Waals surface area contributed by atoms with E-state index < -0.39 is 11.7 Å². The van der Waals surface area contributed by atoms with Gasteiger partial charge in [-0.25, -0.2) is 9.37 Å². The Balaban J connectivity index is 1.76. The molecular formula is C15H10Cl2FN3O. The highest BCUT2D eigenvalue weighted by Gasteiger charge is 2.14. The van der Waals surface area contributed by atoms with E-state index in [0.29, 0.717) is 5.82 Å². The number of hydrogen-bond acceptors (Lipinski definition) is 2. The Hall–Kier alpha value is -2.11. The molecule has 0 saturated carbocycles. The number of fused-ring (bicyclic) bond motifs is 1. The minimum atomic E-state index is -0.694. The second-order valence-electron chi connectivity index (χ2n) is 4.63. The van der Waals surface area contributed by atoms with Crippen molar-refractivity contribution in [2.24, 2.45) is 0 Å². The number of nitrogens with one attached hydrogen (secondary N) is 2. The highest BCUT2D eigenvalue weighted by atomic mass is 35.5. The Morgan fingerprint density at radius 2 is 2.00 bits per heavy atom. The molecule has 3 rings (SSSR count). The van der Waals surface area contributed by atoms with Gasteiger partial charge < -0.3 is 10.3 Å². The maximum Gasteiger partial charge on any atom is 0.253 e. The summed E-state index contributed by atoms with van der Waals surface area (Å²) in [5.74, 6) is -0.596. The van der Waals surface area contributed by atoms with Gasteiger partial charge in [0.05, 0.1) is 33.2 Å². The summed E-state index contributed by atoms with van der Waals surface area (Å²) in [5.41, 5.74) is 1.71. The monoisotopic (exact) mass is 337 g/mol. The van der Waals surface area contributed by atoms with E-state index in [-0.39, 0.29) is 22.2 Å². The molecule has 0 spiro atoms. The summed E-state index contributed by atoms with van der Waals surface area (Å²) >= 11 is 11.5. The molecule has 0 bridgehead atoms. The van der Waals surface area contributed by atoms with Gasteiger partial charge in [-0.2, -0.15) is 0 Å². The number of halogens is 3. The van der Waals surface area contributed by atoms with Crippen molar-refractivity contribution in [1.29, 1.82) is 0 Å².